The summed E-state index contributed by atoms with van der Waals surface area (Å²) >= 11 is 5.98. The monoisotopic (exact) mass is 1930 g/mol. The predicted octanol–water partition coefficient (Wildman–Crippen LogP) is 3.34. The Kier molecular flexibility index (Phi) is 62.3. The quantitative estimate of drug-likeness (QED) is 0.00789. The normalized spacial score (nSPS) is 20.5. The first-order valence-electron chi connectivity index (χ1n) is 42.9. The number of phosphoric ester groups is 3. The van der Waals surface area contributed by atoms with Crippen LogP contribution in [0.15, 0.2) is 11.8 Å². The zero-order chi connectivity index (χ0) is 96.9. The summed E-state index contributed by atoms with van der Waals surface area (Å²) < 4.78 is 107. The Bertz CT molecular complexity index is 3630. The molecule has 0 aromatic heterocycles. The Morgan fingerprint density at radius 3 is 1.31 bits per heavy atom. The molecule has 1 fully saturated rings. The lowest BCUT2D eigenvalue weighted by atomic mass is 10.0. The zero-order valence-corrected chi connectivity index (χ0v) is 77.9. The molecule has 0 saturated carbocycles. The summed E-state index contributed by atoms with van der Waals surface area (Å²) in [5.41, 5.74) is -0.933. The molecule has 0 bridgehead atoms. The van der Waals surface area contributed by atoms with Crippen LogP contribution in [0.25, 0.3) is 0 Å². The maximum Gasteiger partial charge on any atom is 0.477 e. The number of hydrogen-bond donors (Lipinski definition) is 18. The van der Waals surface area contributed by atoms with Crippen molar-refractivity contribution >= 4 is 124 Å². The molecule has 0 aromatic carbocycles. The number of cyclic esters (lactones) is 1. The highest BCUT2D eigenvalue weighted by Gasteiger charge is 2.42. The second-order valence-electron chi connectivity index (χ2n) is 29.0. The minimum Gasteiger partial charge on any atom is -0.481 e. The van der Waals surface area contributed by atoms with E-state index in [1.165, 1.54) is 0 Å². The van der Waals surface area contributed by atoms with Gasteiger partial charge in [0.05, 0.1) is 76.7 Å². The highest BCUT2D eigenvalue weighted by molar-refractivity contribution is 7.49. The molecule has 1 aliphatic heterocycles. The summed E-state index contributed by atoms with van der Waals surface area (Å²) in [6, 6.07) is -18.4. The van der Waals surface area contributed by atoms with Crippen LogP contribution in [0.5, 0.6) is 0 Å². The Morgan fingerprint density at radius 1 is 0.465 bits per heavy atom. The molecule has 742 valence electrons. The molecule has 1 rings (SSSR count). The summed E-state index contributed by atoms with van der Waals surface area (Å²) in [6.45, 7) is 7.58. The van der Waals surface area contributed by atoms with Crippen LogP contribution in [-0.2, 0) is 131 Å². The third kappa shape index (κ3) is 51.3. The van der Waals surface area contributed by atoms with Gasteiger partial charge < -0.3 is 113 Å². The predicted molar refractivity (Wildman–Crippen MR) is 454 cm³/mol. The summed E-state index contributed by atoms with van der Waals surface area (Å²) in [5.74, 6) is -20.4. The number of aliphatic carboxylic acids is 2. The SMILES string of the molecule is C/C=C1\NC(=O)C([C@@H](C)O)NC(=O)[C@H](CCNC(=O)OCOP(=O)(OCCC)OCCCC)NC(=O)[C@H](CCCCNC(=O)OCOP(=O)(OCCC)OCCC)NC(=O)C(CC(=O)O)NC(=O)[C@H](CCNC(=O)OCOP(=O)(OCCC)OCCC)NC(=O)[C@H](NC(=O)C[C@@H](O)CCCCCCCCCCC)COC(=O)C([C@@H](O)CCl)NC(=O)C([C@H](O)C(=O)O)NC1=O. The van der Waals surface area contributed by atoms with Crippen LogP contribution in [0.4, 0.5) is 14.4 Å². The number of carboxylic acids is 2. The number of aliphatic hydroxyl groups excluding tert-OH is 4. The molecule has 13 atom stereocenters. The average molecular weight is 1940 g/mol. The molecular formula is C76H134ClN12O37P3. The van der Waals surface area contributed by atoms with Crippen molar-refractivity contribution in [1.82, 2.24) is 63.8 Å². The topological polar surface area (TPSA) is 693 Å². The molecule has 5 unspecified atom stereocenters. The summed E-state index contributed by atoms with van der Waals surface area (Å²) in [5, 5.41) is 90.8. The molecule has 0 radical (unpaired) electrons. The van der Waals surface area contributed by atoms with Gasteiger partial charge in [-0.25, -0.2) is 51.2 Å². The first-order valence-corrected chi connectivity index (χ1v) is 47.8. The third-order valence-corrected chi connectivity index (χ3v) is 22.5. The highest BCUT2D eigenvalue weighted by atomic mass is 35.5. The fourth-order valence-corrected chi connectivity index (χ4v) is 14.7. The molecule has 18 N–H and O–H groups in total. The van der Waals surface area contributed by atoms with Gasteiger partial charge in [0.15, 0.2) is 12.1 Å². The number of halogens is 1. The van der Waals surface area contributed by atoms with E-state index in [9.17, 15) is 111 Å². The molecular weight excluding hydrogens is 1800 g/mol. The van der Waals surface area contributed by atoms with E-state index in [2.05, 4.69) is 60.1 Å². The van der Waals surface area contributed by atoms with Gasteiger partial charge in [-0.05, 0) is 90.9 Å². The van der Waals surface area contributed by atoms with Crippen molar-refractivity contribution in [1.29, 1.82) is 0 Å². The van der Waals surface area contributed by atoms with Gasteiger partial charge in [0.2, 0.25) is 67.6 Å². The summed E-state index contributed by atoms with van der Waals surface area (Å²) in [6.07, 6.45) is -5.49. The van der Waals surface area contributed by atoms with Gasteiger partial charge in [-0.2, -0.15) is 0 Å². The Hall–Kier alpha value is -8.35. The van der Waals surface area contributed by atoms with Gasteiger partial charge in [-0.15, -0.1) is 11.6 Å². The van der Waals surface area contributed by atoms with Crippen LogP contribution >= 0.6 is 35.1 Å². The average Bonchev–Trinajstić information content (AvgIpc) is 0.835. The fraction of sp³-hybridized carbons (Fsp3) is 0.776. The third-order valence-electron chi connectivity index (χ3n) is 17.9. The van der Waals surface area contributed by atoms with Crippen molar-refractivity contribution in [2.45, 2.75) is 289 Å². The molecule has 53 heteroatoms. The minimum atomic E-state index is -4.34. The Balaban J connectivity index is 4.54. The van der Waals surface area contributed by atoms with Crippen molar-refractivity contribution in [3.05, 3.63) is 11.8 Å². The number of hydrogen-bond acceptors (Lipinski definition) is 35. The molecule has 49 nitrogen and oxygen atoms in total. The van der Waals surface area contributed by atoms with Crippen LogP contribution < -0.4 is 63.8 Å². The number of allylic oxidation sites excluding steroid dienone is 1. The number of unbranched alkanes of at least 4 members (excludes halogenated alkanes) is 10. The first kappa shape index (κ1) is 119. The van der Waals surface area contributed by atoms with Crippen molar-refractivity contribution in [2.75, 3.05) is 92.1 Å². The molecule has 0 aromatic rings. The van der Waals surface area contributed by atoms with Gasteiger partial charge in [0, 0.05) is 19.6 Å². The number of carbonyl (C=O) groups excluding carboxylic acids is 13. The summed E-state index contributed by atoms with van der Waals surface area (Å²) in [7, 11) is -12.9. The maximum absolute atomic E-state index is 15.1. The lowest BCUT2D eigenvalue weighted by molar-refractivity contribution is -0.155. The van der Waals surface area contributed by atoms with Crippen LogP contribution in [-0.4, -0.2) is 285 Å². The van der Waals surface area contributed by atoms with Crippen molar-refractivity contribution in [3.63, 3.8) is 0 Å². The second kappa shape index (κ2) is 67.8. The van der Waals surface area contributed by atoms with Crippen LogP contribution in [0.2, 0.25) is 0 Å². The van der Waals surface area contributed by atoms with Gasteiger partial charge in [-0.3, -0.25) is 75.1 Å². The lowest BCUT2D eigenvalue weighted by Crippen LogP contribution is -2.62. The molecule has 1 heterocycles. The van der Waals surface area contributed by atoms with Gasteiger partial charge in [0.1, 0.15) is 54.6 Å². The number of rotatable bonds is 59. The van der Waals surface area contributed by atoms with Crippen molar-refractivity contribution < 1.29 is 176 Å². The molecule has 0 spiro atoms. The Labute approximate surface area is 754 Å². The molecule has 1 saturated heterocycles. The van der Waals surface area contributed by atoms with Crippen molar-refractivity contribution in [2.24, 2.45) is 0 Å². The zero-order valence-electron chi connectivity index (χ0n) is 74.4. The minimum absolute atomic E-state index is 0.0515. The van der Waals surface area contributed by atoms with E-state index in [4.69, 9.17) is 71.3 Å². The number of carbonyl (C=O) groups is 15. The van der Waals surface area contributed by atoms with Crippen LogP contribution in [0, 0.1) is 0 Å². The molecule has 0 aliphatic carbocycles. The van der Waals surface area contributed by atoms with E-state index in [0.29, 0.717) is 57.8 Å². The molecule has 129 heavy (non-hydrogen) atoms. The first-order chi connectivity index (χ1) is 61.3. The molecule has 1 aliphatic rings. The van der Waals surface area contributed by atoms with Gasteiger partial charge in [0.25, 0.3) is 5.91 Å². The van der Waals surface area contributed by atoms with E-state index in [-0.39, 0.29) is 65.4 Å². The van der Waals surface area contributed by atoms with E-state index >= 15 is 4.79 Å². The van der Waals surface area contributed by atoms with E-state index in [1.54, 1.807) is 34.6 Å². The number of nitrogens with one attached hydrogen (secondary N) is 12. The standard InChI is InChI=1S/C76H134ClN12O37P3/c1-10-18-20-21-22-23-24-25-26-29-50(91)42-58(93)81-56-45-114-73(107)61(57(92)44-77)88-71(104)62(63(96)72(105)106)89-64(97)51(17-8)82-70(103)60(49(9)90)87-67(100)54(32-35-80-76(110)117-48-126-129(113,122-40-16-7)123-41-19-11-2)84-65(98)52(30-27-28-33-78-74(108)115-46-124-127(111,118-36-12-3)119-37-13-4)83-68(101)55(43-59(94)95)86-66(99)53(85-69(56)102)31-34-79-75(109)116-47-125-128(112,120-38-14-5)121-39-15-6/h17,49-50,52-57,60-63,90-92,96H,10-16,18-48H2,1-9H3,(H,78,108)(H,79,109)(H,80,110)(H,81,93)(H,82,103)(H,83,101)(H,84,98)(H,85,102)(H,86,99)(H,87,100)(H,88,104)(H,89,97)(H,94,95)(H,105,106)/b51-17-/t49-,50+,52+,53+,54+,55?,56-,57+,60?,61?,62?,63+,129?/m1/s1. The number of aliphatic hydroxyl groups is 4. The second-order valence-corrected chi connectivity index (χ2v) is 34.3. The number of alkyl halides is 1. The highest BCUT2D eigenvalue weighted by Crippen LogP contribution is 2.51. The number of phosphoric acid groups is 3. The van der Waals surface area contributed by atoms with E-state index < -0.39 is 269 Å². The lowest BCUT2D eigenvalue weighted by Gasteiger charge is -2.29. The number of carboxylic acid groups (broad SMARTS) is 2. The molecule has 12 amide bonds. The van der Waals surface area contributed by atoms with E-state index in [1.807, 2.05) is 17.6 Å². The van der Waals surface area contributed by atoms with E-state index in [0.717, 1.165) is 64.9 Å². The number of ether oxygens (including phenoxy) is 4. The number of alkyl carbamates (subject to hydrolysis) is 3. The van der Waals surface area contributed by atoms with Gasteiger partial charge >= 0.3 is 59.7 Å². The van der Waals surface area contributed by atoms with Crippen LogP contribution in [0.3, 0.4) is 0 Å². The van der Waals surface area contributed by atoms with Gasteiger partial charge in [-0.1, -0.05) is 119 Å². The van der Waals surface area contributed by atoms with Crippen molar-refractivity contribution in [3.8, 4) is 0 Å². The largest absolute Gasteiger partial charge is 0.481 e. The fourth-order valence-electron chi connectivity index (χ4n) is 11.0. The maximum atomic E-state index is 15.1. The summed E-state index contributed by atoms with van der Waals surface area (Å²) in [4.78, 5) is 210. The smallest absolute Gasteiger partial charge is 0.477 e. The Morgan fingerprint density at radius 2 is 0.876 bits per heavy atom. The number of esters is 1. The number of amides is 12. The van der Waals surface area contributed by atoms with Crippen LogP contribution in [0.1, 0.15) is 216 Å².